The van der Waals surface area contributed by atoms with Gasteiger partial charge in [0.05, 0.1) is 0 Å². The number of rotatable bonds is 3. The zero-order valence-corrected chi connectivity index (χ0v) is 8.33. The van der Waals surface area contributed by atoms with Gasteiger partial charge in [0.15, 0.2) is 5.60 Å². The number of carboxylic acid groups (broad SMARTS) is 2. The van der Waals surface area contributed by atoms with Gasteiger partial charge < -0.3 is 20.1 Å². The number of carbonyl (C=O) groups is 2. The second-order valence-corrected chi connectivity index (χ2v) is 2.13. The van der Waals surface area contributed by atoms with Crippen LogP contribution in [0.1, 0.15) is 13.3 Å². The number of aliphatic hydroxyl groups is 1. The topological polar surface area (TPSA) is 97.7 Å². The second-order valence-electron chi connectivity index (χ2n) is 2.13. The smallest absolute Gasteiger partial charge is 0.550 e. The van der Waals surface area contributed by atoms with E-state index in [0.29, 0.717) is 0 Å². The standard InChI is InChI=1S/C5H8O5.Na/c1-5(10,4(8)9)2-3(6)7;/h10H,2H2,1H3,(H,6,7)(H,8,9);/q;+1/p-1. The Labute approximate surface area is 85.3 Å². The fourth-order valence-electron chi connectivity index (χ4n) is 0.357. The number of carbonyl (C=O) groups excluding carboxylic acids is 1. The van der Waals surface area contributed by atoms with E-state index in [4.69, 9.17) is 10.2 Å². The monoisotopic (exact) mass is 170 g/mol. The number of aliphatic carboxylic acids is 2. The first-order chi connectivity index (χ1) is 4.36. The third-order valence-electron chi connectivity index (χ3n) is 0.949. The molecule has 0 aromatic heterocycles. The van der Waals surface area contributed by atoms with Gasteiger partial charge in [-0.25, -0.2) is 4.79 Å². The van der Waals surface area contributed by atoms with Gasteiger partial charge in [-0.15, -0.1) is 0 Å². The van der Waals surface area contributed by atoms with E-state index in [1.54, 1.807) is 0 Å². The van der Waals surface area contributed by atoms with E-state index in [-0.39, 0.29) is 29.6 Å². The van der Waals surface area contributed by atoms with Crippen LogP contribution >= 0.6 is 0 Å². The van der Waals surface area contributed by atoms with E-state index in [1.165, 1.54) is 0 Å². The quantitative estimate of drug-likeness (QED) is 0.413. The van der Waals surface area contributed by atoms with Gasteiger partial charge in [0.1, 0.15) is 0 Å². The summed E-state index contributed by atoms with van der Waals surface area (Å²) in [6.07, 6.45) is -0.900. The molecule has 0 spiro atoms. The van der Waals surface area contributed by atoms with Crippen molar-refractivity contribution in [3.8, 4) is 0 Å². The Kier molecular flexibility index (Phi) is 5.78. The summed E-state index contributed by atoms with van der Waals surface area (Å²) in [6, 6.07) is 0. The van der Waals surface area contributed by atoms with E-state index in [2.05, 4.69) is 0 Å². The molecule has 6 heteroatoms. The summed E-state index contributed by atoms with van der Waals surface area (Å²) in [7, 11) is 0. The molecule has 5 nitrogen and oxygen atoms in total. The summed E-state index contributed by atoms with van der Waals surface area (Å²) < 4.78 is 0. The van der Waals surface area contributed by atoms with Crippen LogP contribution in [0.3, 0.4) is 0 Å². The molecule has 0 saturated carbocycles. The third kappa shape index (κ3) is 5.20. The Morgan fingerprint density at radius 2 is 1.91 bits per heavy atom. The molecule has 0 radical (unpaired) electrons. The van der Waals surface area contributed by atoms with Crippen LogP contribution < -0.4 is 34.7 Å². The van der Waals surface area contributed by atoms with Gasteiger partial charge in [0, 0.05) is 12.4 Å². The molecular formula is C5H7NaO5. The Morgan fingerprint density at radius 3 is 2.00 bits per heavy atom. The van der Waals surface area contributed by atoms with Crippen molar-refractivity contribution >= 4 is 11.9 Å². The average molecular weight is 170 g/mol. The molecule has 0 aliphatic rings. The maximum absolute atomic E-state index is 10.0. The first-order valence-corrected chi connectivity index (χ1v) is 2.52. The minimum absolute atomic E-state index is 0. The van der Waals surface area contributed by atoms with Crippen LogP contribution in [0.2, 0.25) is 0 Å². The van der Waals surface area contributed by atoms with Crippen LogP contribution in [0.15, 0.2) is 0 Å². The Hall–Kier alpha value is -0.100. The van der Waals surface area contributed by atoms with Crippen LogP contribution in [0, 0.1) is 0 Å². The molecule has 0 aromatic carbocycles. The summed E-state index contributed by atoms with van der Waals surface area (Å²) >= 11 is 0. The summed E-state index contributed by atoms with van der Waals surface area (Å²) in [5, 5.41) is 26.7. The van der Waals surface area contributed by atoms with Crippen LogP contribution in [0.5, 0.6) is 0 Å². The van der Waals surface area contributed by atoms with Crippen LogP contribution in [-0.4, -0.2) is 27.8 Å². The molecule has 0 amide bonds. The molecule has 0 fully saturated rings. The van der Waals surface area contributed by atoms with Crippen molar-refractivity contribution in [2.45, 2.75) is 18.9 Å². The molecule has 0 rings (SSSR count). The van der Waals surface area contributed by atoms with Gasteiger partial charge in [-0.2, -0.15) is 0 Å². The molecule has 0 aliphatic carbocycles. The van der Waals surface area contributed by atoms with Gasteiger partial charge in [0.2, 0.25) is 0 Å². The van der Waals surface area contributed by atoms with Crippen molar-refractivity contribution in [3.05, 3.63) is 0 Å². The van der Waals surface area contributed by atoms with Crippen molar-refractivity contribution in [2.75, 3.05) is 0 Å². The Morgan fingerprint density at radius 1 is 1.55 bits per heavy atom. The molecule has 11 heavy (non-hydrogen) atoms. The zero-order chi connectivity index (χ0) is 8.36. The maximum Gasteiger partial charge on any atom is 1.00 e. The van der Waals surface area contributed by atoms with Gasteiger partial charge in [-0.3, -0.25) is 0 Å². The number of carboxylic acids is 2. The van der Waals surface area contributed by atoms with Gasteiger partial charge in [-0.05, 0) is 6.92 Å². The minimum atomic E-state index is -2.22. The van der Waals surface area contributed by atoms with Gasteiger partial charge in [-0.1, -0.05) is 0 Å². The van der Waals surface area contributed by atoms with E-state index >= 15 is 0 Å². The van der Waals surface area contributed by atoms with E-state index < -0.39 is 24.0 Å². The average Bonchev–Trinajstić information content (AvgIpc) is 1.60. The molecule has 1 atom stereocenters. The maximum atomic E-state index is 10.0. The van der Waals surface area contributed by atoms with E-state index in [1.807, 2.05) is 0 Å². The fourth-order valence-corrected chi connectivity index (χ4v) is 0.357. The number of hydrogen-bond donors (Lipinski definition) is 2. The van der Waals surface area contributed by atoms with Crippen molar-refractivity contribution in [3.63, 3.8) is 0 Å². The molecule has 0 heterocycles. The summed E-state index contributed by atoms with van der Waals surface area (Å²) in [5.41, 5.74) is -2.22. The Balaban J connectivity index is 0. The summed E-state index contributed by atoms with van der Waals surface area (Å²) in [6.45, 7) is 0.894. The van der Waals surface area contributed by atoms with Crippen molar-refractivity contribution < 1.29 is 54.5 Å². The Bertz CT molecular complexity index is 164. The molecule has 1 unspecified atom stereocenters. The van der Waals surface area contributed by atoms with Crippen LogP contribution in [0.25, 0.3) is 0 Å². The summed E-state index contributed by atoms with van der Waals surface area (Å²) in [4.78, 5) is 19.8. The molecule has 0 bridgehead atoms. The first kappa shape index (κ1) is 13.5. The minimum Gasteiger partial charge on any atom is -0.550 e. The third-order valence-corrected chi connectivity index (χ3v) is 0.949. The SMILES string of the molecule is CC(O)(CC(=O)[O-])C(=O)O.[Na+]. The van der Waals surface area contributed by atoms with Crippen LogP contribution in [-0.2, 0) is 9.59 Å². The molecule has 2 N–H and O–H groups in total. The number of hydrogen-bond acceptors (Lipinski definition) is 4. The predicted octanol–water partition coefficient (Wildman–Crippen LogP) is -5.03. The molecule has 0 aliphatic heterocycles. The molecular weight excluding hydrogens is 163 g/mol. The van der Waals surface area contributed by atoms with Gasteiger partial charge in [0.25, 0.3) is 0 Å². The normalized spacial score (nSPS) is 14.4. The van der Waals surface area contributed by atoms with Crippen molar-refractivity contribution in [1.29, 1.82) is 0 Å². The van der Waals surface area contributed by atoms with Crippen LogP contribution in [0.4, 0.5) is 0 Å². The predicted molar refractivity (Wildman–Crippen MR) is 27.9 cm³/mol. The molecule has 58 valence electrons. The summed E-state index contributed by atoms with van der Waals surface area (Å²) in [5.74, 6) is -3.16. The van der Waals surface area contributed by atoms with Gasteiger partial charge >= 0.3 is 35.5 Å². The largest absolute Gasteiger partial charge is 1.00 e. The molecule has 0 aromatic rings. The van der Waals surface area contributed by atoms with Crippen molar-refractivity contribution in [1.82, 2.24) is 0 Å². The zero-order valence-electron chi connectivity index (χ0n) is 6.33. The fraction of sp³-hybridized carbons (Fsp3) is 0.600. The van der Waals surface area contributed by atoms with E-state index in [9.17, 15) is 14.7 Å². The van der Waals surface area contributed by atoms with Crippen molar-refractivity contribution in [2.24, 2.45) is 0 Å². The first-order valence-electron chi connectivity index (χ1n) is 2.52. The second kappa shape index (κ2) is 4.71. The van der Waals surface area contributed by atoms with E-state index in [0.717, 1.165) is 6.92 Å². The molecule has 0 saturated heterocycles.